The third-order valence-electron chi connectivity index (χ3n) is 2.59. The number of primary amides is 1. The minimum atomic E-state index is -0.677. The molecule has 0 heterocycles. The first kappa shape index (κ1) is 14.5. The molecule has 4 N–H and O–H groups in total. The van der Waals surface area contributed by atoms with E-state index in [4.69, 9.17) is 10.6 Å². The van der Waals surface area contributed by atoms with Crippen molar-refractivity contribution >= 4 is 21.8 Å². The Kier molecular flexibility index (Phi) is 5.11. The standard InChI is InChI=1S/C14H14BrN3O2/c15-11-7-4-8-12(9-11)20-18-17-13(14(16)19)10-5-2-1-3-6-10/h1-9,13,17-18H,(H2,16,19). The van der Waals surface area contributed by atoms with Gasteiger partial charge < -0.3 is 10.6 Å². The van der Waals surface area contributed by atoms with E-state index in [1.807, 2.05) is 42.5 Å². The van der Waals surface area contributed by atoms with E-state index < -0.39 is 11.9 Å². The summed E-state index contributed by atoms with van der Waals surface area (Å²) >= 11 is 3.34. The van der Waals surface area contributed by atoms with Gasteiger partial charge in [-0.1, -0.05) is 57.9 Å². The van der Waals surface area contributed by atoms with E-state index in [0.717, 1.165) is 10.0 Å². The largest absolute Gasteiger partial charge is 0.394 e. The van der Waals surface area contributed by atoms with Gasteiger partial charge in [-0.25, -0.2) is 5.43 Å². The van der Waals surface area contributed by atoms with Gasteiger partial charge in [-0.2, -0.15) is 0 Å². The van der Waals surface area contributed by atoms with E-state index in [2.05, 4.69) is 26.9 Å². The van der Waals surface area contributed by atoms with Crippen LogP contribution in [0.5, 0.6) is 5.75 Å². The van der Waals surface area contributed by atoms with Gasteiger partial charge in [0.15, 0.2) is 0 Å². The fourth-order valence-electron chi connectivity index (χ4n) is 1.64. The number of rotatable bonds is 6. The molecule has 104 valence electrons. The number of nitrogens with two attached hydrogens (primary N) is 1. The lowest BCUT2D eigenvalue weighted by atomic mass is 10.1. The number of hydrogen-bond acceptors (Lipinski definition) is 4. The highest BCUT2D eigenvalue weighted by Gasteiger charge is 2.16. The predicted octanol–water partition coefficient (Wildman–Crippen LogP) is 2.06. The molecule has 2 aromatic rings. The number of hydrazine groups is 1. The summed E-state index contributed by atoms with van der Waals surface area (Å²) in [4.78, 5) is 16.7. The van der Waals surface area contributed by atoms with Crippen molar-refractivity contribution in [1.82, 2.24) is 11.0 Å². The predicted molar refractivity (Wildman–Crippen MR) is 79.4 cm³/mol. The lowest BCUT2D eigenvalue weighted by Crippen LogP contribution is -2.43. The van der Waals surface area contributed by atoms with Gasteiger partial charge >= 0.3 is 0 Å². The monoisotopic (exact) mass is 335 g/mol. The van der Waals surface area contributed by atoms with Crippen molar-refractivity contribution in [3.05, 3.63) is 64.6 Å². The smallest absolute Gasteiger partial charge is 0.240 e. The molecular formula is C14H14BrN3O2. The van der Waals surface area contributed by atoms with E-state index in [9.17, 15) is 4.79 Å². The van der Waals surface area contributed by atoms with Crippen LogP contribution in [0.3, 0.4) is 0 Å². The highest BCUT2D eigenvalue weighted by molar-refractivity contribution is 9.10. The molecular weight excluding hydrogens is 322 g/mol. The van der Waals surface area contributed by atoms with Crippen LogP contribution >= 0.6 is 15.9 Å². The topological polar surface area (TPSA) is 76.4 Å². The fourth-order valence-corrected chi connectivity index (χ4v) is 2.02. The Balaban J connectivity index is 1.95. The van der Waals surface area contributed by atoms with Crippen LogP contribution < -0.4 is 21.6 Å². The van der Waals surface area contributed by atoms with Crippen LogP contribution in [0.15, 0.2) is 59.1 Å². The Morgan fingerprint density at radius 3 is 2.55 bits per heavy atom. The summed E-state index contributed by atoms with van der Waals surface area (Å²) in [6, 6.07) is 15.8. The van der Waals surface area contributed by atoms with Crippen molar-refractivity contribution in [2.24, 2.45) is 5.73 Å². The normalized spacial score (nSPS) is 11.8. The number of carbonyl (C=O) groups excluding carboxylic acids is 1. The van der Waals surface area contributed by atoms with Crippen LogP contribution in [0, 0.1) is 0 Å². The molecule has 0 aliphatic rings. The average molecular weight is 336 g/mol. The SMILES string of the molecule is NC(=O)C(NNOc1cccc(Br)c1)c1ccccc1. The minimum Gasteiger partial charge on any atom is -0.394 e. The van der Waals surface area contributed by atoms with Crippen LogP contribution in [0.4, 0.5) is 0 Å². The van der Waals surface area contributed by atoms with Gasteiger partial charge in [0.25, 0.3) is 0 Å². The first-order valence-corrected chi connectivity index (χ1v) is 6.73. The maximum Gasteiger partial charge on any atom is 0.240 e. The first-order chi connectivity index (χ1) is 9.66. The molecule has 0 bridgehead atoms. The number of halogens is 1. The van der Waals surface area contributed by atoms with Crippen molar-refractivity contribution < 1.29 is 9.63 Å². The van der Waals surface area contributed by atoms with E-state index in [0.29, 0.717) is 5.75 Å². The Bertz CT molecular complexity index is 578. The Labute approximate surface area is 125 Å². The molecule has 0 saturated heterocycles. The fraction of sp³-hybridized carbons (Fsp3) is 0.0714. The van der Waals surface area contributed by atoms with Crippen molar-refractivity contribution in [3.8, 4) is 5.75 Å². The molecule has 0 aliphatic carbocycles. The zero-order valence-corrected chi connectivity index (χ0v) is 12.1. The van der Waals surface area contributed by atoms with Gasteiger partial charge in [0.2, 0.25) is 5.91 Å². The van der Waals surface area contributed by atoms with Crippen LogP contribution in [-0.4, -0.2) is 5.91 Å². The molecule has 0 saturated carbocycles. The molecule has 1 unspecified atom stereocenters. The van der Waals surface area contributed by atoms with Crippen molar-refractivity contribution in [2.45, 2.75) is 6.04 Å². The van der Waals surface area contributed by atoms with Crippen molar-refractivity contribution in [2.75, 3.05) is 0 Å². The summed E-state index contributed by atoms with van der Waals surface area (Å²) in [5.74, 6) is 0.102. The molecule has 6 heteroatoms. The molecule has 0 aliphatic heterocycles. The van der Waals surface area contributed by atoms with E-state index in [1.165, 1.54) is 0 Å². The molecule has 2 rings (SSSR count). The molecule has 0 radical (unpaired) electrons. The van der Waals surface area contributed by atoms with Gasteiger partial charge in [0.05, 0.1) is 0 Å². The Hall–Kier alpha value is -1.89. The molecule has 5 nitrogen and oxygen atoms in total. The second-order valence-electron chi connectivity index (χ2n) is 4.05. The van der Waals surface area contributed by atoms with Gasteiger partial charge in [-0.15, -0.1) is 0 Å². The molecule has 1 amide bonds. The molecule has 1 atom stereocenters. The minimum absolute atomic E-state index is 0.499. The zero-order chi connectivity index (χ0) is 14.4. The molecule has 0 aromatic heterocycles. The molecule has 0 fully saturated rings. The van der Waals surface area contributed by atoms with E-state index in [-0.39, 0.29) is 0 Å². The van der Waals surface area contributed by atoms with Crippen molar-refractivity contribution in [1.29, 1.82) is 0 Å². The average Bonchev–Trinajstić information content (AvgIpc) is 2.44. The van der Waals surface area contributed by atoms with E-state index >= 15 is 0 Å². The van der Waals surface area contributed by atoms with Gasteiger partial charge in [-0.3, -0.25) is 4.79 Å². The maximum atomic E-state index is 11.5. The van der Waals surface area contributed by atoms with Gasteiger partial charge in [0, 0.05) is 4.47 Å². The molecule has 20 heavy (non-hydrogen) atoms. The second-order valence-corrected chi connectivity index (χ2v) is 4.97. The zero-order valence-electron chi connectivity index (χ0n) is 10.5. The van der Waals surface area contributed by atoms with Crippen LogP contribution in [-0.2, 0) is 4.79 Å². The summed E-state index contributed by atoms with van der Waals surface area (Å²) in [7, 11) is 0. The molecule has 0 spiro atoms. The highest BCUT2D eigenvalue weighted by Crippen LogP contribution is 2.17. The number of nitrogens with one attached hydrogen (secondary N) is 2. The van der Waals surface area contributed by atoms with E-state index in [1.54, 1.807) is 12.1 Å². The summed E-state index contributed by atoms with van der Waals surface area (Å²) in [6.45, 7) is 0. The lowest BCUT2D eigenvalue weighted by molar-refractivity contribution is -0.121. The number of benzene rings is 2. The lowest BCUT2D eigenvalue weighted by Gasteiger charge is -2.16. The first-order valence-electron chi connectivity index (χ1n) is 5.94. The number of hydrogen-bond donors (Lipinski definition) is 3. The number of amides is 1. The second kappa shape index (κ2) is 7.04. The van der Waals surface area contributed by atoms with Crippen molar-refractivity contribution in [3.63, 3.8) is 0 Å². The van der Waals surface area contributed by atoms with Gasteiger partial charge in [-0.05, 0) is 23.8 Å². The summed E-state index contributed by atoms with van der Waals surface area (Å²) < 4.78 is 0.895. The Morgan fingerprint density at radius 1 is 1.15 bits per heavy atom. The summed E-state index contributed by atoms with van der Waals surface area (Å²) in [5.41, 5.74) is 11.4. The Morgan fingerprint density at radius 2 is 1.90 bits per heavy atom. The number of carbonyl (C=O) groups is 1. The highest BCUT2D eigenvalue weighted by atomic mass is 79.9. The third-order valence-corrected chi connectivity index (χ3v) is 3.08. The molecule has 2 aromatic carbocycles. The quantitative estimate of drug-likeness (QED) is 0.706. The van der Waals surface area contributed by atoms with Crippen LogP contribution in [0.2, 0.25) is 0 Å². The summed E-state index contributed by atoms with van der Waals surface area (Å²) in [5, 5.41) is 0. The summed E-state index contributed by atoms with van der Waals surface area (Å²) in [6.07, 6.45) is 0. The third kappa shape index (κ3) is 4.06. The van der Waals surface area contributed by atoms with Crippen LogP contribution in [0.25, 0.3) is 0 Å². The van der Waals surface area contributed by atoms with Crippen LogP contribution in [0.1, 0.15) is 11.6 Å². The maximum absolute atomic E-state index is 11.5. The van der Waals surface area contributed by atoms with Gasteiger partial charge in [0.1, 0.15) is 11.8 Å².